The van der Waals surface area contributed by atoms with Gasteiger partial charge in [-0.3, -0.25) is 0 Å². The van der Waals surface area contributed by atoms with Gasteiger partial charge in [-0.15, -0.1) is 11.3 Å². The maximum Gasteiger partial charge on any atom is 0.407 e. The lowest BCUT2D eigenvalue weighted by Crippen LogP contribution is -2.47. The normalized spacial score (nSPS) is 13.2. The molecule has 0 aromatic carbocycles. The third-order valence-electron chi connectivity index (χ3n) is 3.07. The summed E-state index contributed by atoms with van der Waals surface area (Å²) in [6, 6.07) is 4.30. The third-order valence-corrected chi connectivity index (χ3v) is 4.00. The van der Waals surface area contributed by atoms with Crippen LogP contribution in [0.25, 0.3) is 0 Å². The van der Waals surface area contributed by atoms with Crippen LogP contribution in [0.2, 0.25) is 0 Å². The minimum Gasteiger partial charge on any atom is -0.444 e. The third kappa shape index (κ3) is 7.45. The van der Waals surface area contributed by atoms with E-state index in [2.05, 4.69) is 27.7 Å². The summed E-state index contributed by atoms with van der Waals surface area (Å²) in [6.45, 7) is 7.45. The maximum atomic E-state index is 11.7. The van der Waals surface area contributed by atoms with Crippen molar-refractivity contribution in [3.8, 4) is 0 Å². The first-order chi connectivity index (χ1) is 9.81. The van der Waals surface area contributed by atoms with E-state index < -0.39 is 11.7 Å². The van der Waals surface area contributed by atoms with Crippen molar-refractivity contribution in [1.82, 2.24) is 10.2 Å². The predicted octanol–water partition coefficient (Wildman–Crippen LogP) is 2.07. The molecule has 3 N–H and O–H groups in total. The molecule has 120 valence electrons. The summed E-state index contributed by atoms with van der Waals surface area (Å²) in [5, 5.41) is 4.87. The first kappa shape index (κ1) is 17.9. The predicted molar refractivity (Wildman–Crippen MR) is 87.7 cm³/mol. The van der Waals surface area contributed by atoms with E-state index in [-0.39, 0.29) is 6.04 Å². The second-order valence-corrected chi connectivity index (χ2v) is 7.11. The molecule has 1 unspecified atom stereocenters. The summed E-state index contributed by atoms with van der Waals surface area (Å²) >= 11 is 1.76. The van der Waals surface area contributed by atoms with Gasteiger partial charge in [0.15, 0.2) is 0 Å². The van der Waals surface area contributed by atoms with Crippen molar-refractivity contribution in [3.63, 3.8) is 0 Å². The molecule has 5 nitrogen and oxygen atoms in total. The highest BCUT2D eigenvalue weighted by molar-refractivity contribution is 7.09. The zero-order valence-corrected chi connectivity index (χ0v) is 14.2. The highest BCUT2D eigenvalue weighted by Gasteiger charge is 2.18. The molecule has 1 rings (SSSR count). The van der Waals surface area contributed by atoms with Crippen LogP contribution in [0.5, 0.6) is 0 Å². The Labute approximate surface area is 131 Å². The number of nitrogens with zero attached hydrogens (tertiary/aromatic N) is 1. The Morgan fingerprint density at radius 2 is 2.24 bits per heavy atom. The molecule has 1 aromatic heterocycles. The average Bonchev–Trinajstić information content (AvgIpc) is 2.88. The number of nitrogens with two attached hydrogens (primary N) is 1. The highest BCUT2D eigenvalue weighted by atomic mass is 32.1. The van der Waals surface area contributed by atoms with Crippen LogP contribution in [-0.2, 0) is 11.2 Å². The van der Waals surface area contributed by atoms with E-state index in [9.17, 15) is 4.79 Å². The molecule has 1 aromatic rings. The first-order valence-electron chi connectivity index (χ1n) is 7.21. The van der Waals surface area contributed by atoms with Gasteiger partial charge in [-0.05, 0) is 45.7 Å². The number of hydrogen-bond donors (Lipinski definition) is 2. The molecule has 0 aliphatic heterocycles. The molecular formula is C15H27N3O2S. The van der Waals surface area contributed by atoms with Crippen LogP contribution < -0.4 is 11.1 Å². The molecular weight excluding hydrogens is 286 g/mol. The fourth-order valence-electron chi connectivity index (χ4n) is 1.86. The van der Waals surface area contributed by atoms with Gasteiger partial charge in [0.25, 0.3) is 0 Å². The van der Waals surface area contributed by atoms with Gasteiger partial charge in [0, 0.05) is 30.6 Å². The van der Waals surface area contributed by atoms with Crippen LogP contribution in [0.4, 0.5) is 4.79 Å². The van der Waals surface area contributed by atoms with Crippen molar-refractivity contribution in [1.29, 1.82) is 0 Å². The van der Waals surface area contributed by atoms with Crippen molar-refractivity contribution >= 4 is 17.4 Å². The Hall–Kier alpha value is -1.11. The topological polar surface area (TPSA) is 67.6 Å². The Bertz CT molecular complexity index is 415. The number of alkyl carbamates (subject to hydrolysis) is 1. The van der Waals surface area contributed by atoms with Crippen molar-refractivity contribution in [2.24, 2.45) is 5.73 Å². The zero-order chi connectivity index (χ0) is 15.9. The van der Waals surface area contributed by atoms with Crippen LogP contribution in [0.15, 0.2) is 17.5 Å². The Kier molecular flexibility index (Phi) is 7.14. The van der Waals surface area contributed by atoms with Gasteiger partial charge in [-0.2, -0.15) is 0 Å². The monoisotopic (exact) mass is 313 g/mol. The van der Waals surface area contributed by atoms with Crippen LogP contribution >= 0.6 is 11.3 Å². The van der Waals surface area contributed by atoms with Crippen molar-refractivity contribution in [2.75, 3.05) is 26.7 Å². The summed E-state index contributed by atoms with van der Waals surface area (Å²) in [4.78, 5) is 15.2. The number of rotatable bonds is 7. The molecule has 0 saturated carbocycles. The molecule has 6 heteroatoms. The Morgan fingerprint density at radius 3 is 2.76 bits per heavy atom. The van der Waals surface area contributed by atoms with Crippen molar-refractivity contribution in [2.45, 2.75) is 38.8 Å². The molecule has 0 bridgehead atoms. The highest BCUT2D eigenvalue weighted by Crippen LogP contribution is 2.10. The summed E-state index contributed by atoms with van der Waals surface area (Å²) in [5.74, 6) is 0. The lowest BCUT2D eigenvalue weighted by atomic mass is 10.2. The van der Waals surface area contributed by atoms with Crippen LogP contribution in [0, 0.1) is 0 Å². The van der Waals surface area contributed by atoms with E-state index in [1.54, 1.807) is 11.3 Å². The van der Waals surface area contributed by atoms with Crippen LogP contribution in [0.1, 0.15) is 25.6 Å². The Morgan fingerprint density at radius 1 is 1.52 bits per heavy atom. The van der Waals surface area contributed by atoms with E-state index in [0.29, 0.717) is 13.1 Å². The quantitative estimate of drug-likeness (QED) is 0.809. The van der Waals surface area contributed by atoms with Gasteiger partial charge in [0.05, 0.1) is 0 Å². The fraction of sp³-hybridized carbons (Fsp3) is 0.667. The average molecular weight is 313 g/mol. The standard InChI is InChI=1S/C15H27N3O2S/c1-15(2,3)20-14(19)17-11-12(10-16)18(4)8-7-13-6-5-9-21-13/h5-6,9,12H,7-8,10-11,16H2,1-4H3,(H,17,19). The number of thiophene rings is 1. The molecule has 1 atom stereocenters. The van der Waals surface area contributed by atoms with Crippen molar-refractivity contribution < 1.29 is 9.53 Å². The molecule has 1 heterocycles. The summed E-state index contributed by atoms with van der Waals surface area (Å²) in [6.07, 6.45) is 0.601. The van der Waals surface area contributed by atoms with E-state index in [1.807, 2.05) is 27.8 Å². The molecule has 21 heavy (non-hydrogen) atoms. The van der Waals surface area contributed by atoms with E-state index in [4.69, 9.17) is 10.5 Å². The van der Waals surface area contributed by atoms with Crippen LogP contribution in [-0.4, -0.2) is 49.3 Å². The summed E-state index contributed by atoms with van der Waals surface area (Å²) < 4.78 is 5.22. The number of carbonyl (C=O) groups is 1. The van der Waals surface area contributed by atoms with Gasteiger partial charge in [0.2, 0.25) is 0 Å². The first-order valence-corrected chi connectivity index (χ1v) is 8.09. The van der Waals surface area contributed by atoms with Crippen molar-refractivity contribution in [3.05, 3.63) is 22.4 Å². The van der Waals surface area contributed by atoms with Gasteiger partial charge >= 0.3 is 6.09 Å². The zero-order valence-electron chi connectivity index (χ0n) is 13.4. The minimum absolute atomic E-state index is 0.109. The Balaban J connectivity index is 2.34. The number of nitrogens with one attached hydrogen (secondary N) is 1. The second kappa shape index (κ2) is 8.36. The molecule has 0 saturated heterocycles. The molecule has 0 aliphatic rings. The van der Waals surface area contributed by atoms with Crippen LogP contribution in [0.3, 0.4) is 0 Å². The van der Waals surface area contributed by atoms with E-state index in [0.717, 1.165) is 13.0 Å². The summed E-state index contributed by atoms with van der Waals surface area (Å²) in [5.41, 5.74) is 5.33. The van der Waals surface area contributed by atoms with E-state index in [1.165, 1.54) is 4.88 Å². The van der Waals surface area contributed by atoms with E-state index >= 15 is 0 Å². The molecule has 0 fully saturated rings. The lowest BCUT2D eigenvalue weighted by molar-refractivity contribution is 0.0512. The molecule has 0 aliphatic carbocycles. The largest absolute Gasteiger partial charge is 0.444 e. The fourth-order valence-corrected chi connectivity index (χ4v) is 2.56. The van der Waals surface area contributed by atoms with Gasteiger partial charge in [-0.25, -0.2) is 4.79 Å². The van der Waals surface area contributed by atoms with Gasteiger partial charge < -0.3 is 20.7 Å². The number of amides is 1. The lowest BCUT2D eigenvalue weighted by Gasteiger charge is -2.27. The number of likely N-dealkylation sites (N-methyl/N-ethyl adjacent to an activating group) is 1. The van der Waals surface area contributed by atoms with Gasteiger partial charge in [0.1, 0.15) is 5.60 Å². The number of carbonyl (C=O) groups excluding carboxylic acids is 1. The van der Waals surface area contributed by atoms with Gasteiger partial charge in [-0.1, -0.05) is 6.07 Å². The second-order valence-electron chi connectivity index (χ2n) is 6.08. The molecule has 0 spiro atoms. The number of ether oxygens (including phenoxy) is 1. The number of hydrogen-bond acceptors (Lipinski definition) is 5. The summed E-state index contributed by atoms with van der Waals surface area (Å²) in [7, 11) is 2.03. The minimum atomic E-state index is -0.479. The molecule has 0 radical (unpaired) electrons. The SMILES string of the molecule is CN(CCc1cccs1)C(CN)CNC(=O)OC(C)(C)C. The maximum absolute atomic E-state index is 11.7. The smallest absolute Gasteiger partial charge is 0.407 e. The molecule has 1 amide bonds.